The van der Waals surface area contributed by atoms with Crippen LogP contribution >= 0.6 is 23.5 Å². The molecule has 3 N–H and O–H groups in total. The van der Waals surface area contributed by atoms with Gasteiger partial charge in [-0.3, -0.25) is 0 Å². The molecule has 0 spiro atoms. The van der Waals surface area contributed by atoms with Gasteiger partial charge in [0.2, 0.25) is 0 Å². The number of aromatic nitrogens is 3. The van der Waals surface area contributed by atoms with E-state index >= 15 is 0 Å². The zero-order chi connectivity index (χ0) is 18.0. The van der Waals surface area contributed by atoms with E-state index in [1.807, 2.05) is 10.5 Å². The molecule has 25 heavy (non-hydrogen) atoms. The molecular weight excluding hydrogens is 368 g/mol. The van der Waals surface area contributed by atoms with E-state index in [0.717, 1.165) is 17.9 Å². The molecule has 10 heteroatoms. The van der Waals surface area contributed by atoms with Crippen LogP contribution in [0.25, 0.3) is 5.03 Å². The van der Waals surface area contributed by atoms with Crippen molar-refractivity contribution in [1.82, 2.24) is 19.3 Å². The highest BCUT2D eigenvalue weighted by atomic mass is 35.5. The molecule has 0 bridgehead atoms. The summed E-state index contributed by atoms with van der Waals surface area (Å²) in [6, 6.07) is -0.449. The van der Waals surface area contributed by atoms with Gasteiger partial charge in [0.05, 0.1) is 42.6 Å². The van der Waals surface area contributed by atoms with Crippen molar-refractivity contribution in [3.8, 4) is 0 Å². The highest BCUT2D eigenvalue weighted by molar-refractivity contribution is 7.97. The lowest BCUT2D eigenvalue weighted by molar-refractivity contribution is -0.0630. The monoisotopic (exact) mass is 390 g/mol. The zero-order valence-electron chi connectivity index (χ0n) is 14.0. The van der Waals surface area contributed by atoms with Gasteiger partial charge in [0.25, 0.3) is 0 Å². The minimum atomic E-state index is -1.03. The normalized spacial score (nSPS) is 29.0. The molecule has 0 aromatic carbocycles. The molecule has 1 saturated carbocycles. The van der Waals surface area contributed by atoms with E-state index in [9.17, 15) is 10.2 Å². The molecule has 3 rings (SSSR count). The topological polar surface area (TPSA) is 104 Å². The standard InChI is InChI=1S/C15H23ClN4O4S/c1-2-5-25-19-7-9(16)13-11(8-19)20(18-17-13)10-6-12(24-4-3-21)15(23)14(10)22/h7,10,12,14-15,21-23H,2-6,8H2,1H3/t10-,12+,14+,15-/m0/s1. The molecule has 2 aliphatic rings. The second-order valence-electron chi connectivity index (χ2n) is 6.13. The zero-order valence-corrected chi connectivity index (χ0v) is 15.5. The maximum Gasteiger partial charge on any atom is 0.131 e. The van der Waals surface area contributed by atoms with Gasteiger partial charge in [-0.2, -0.15) is 0 Å². The molecular formula is C15H23ClN4O4S. The highest BCUT2D eigenvalue weighted by Crippen LogP contribution is 2.37. The van der Waals surface area contributed by atoms with Gasteiger partial charge >= 0.3 is 0 Å². The number of hydrogen-bond acceptors (Lipinski definition) is 8. The summed E-state index contributed by atoms with van der Waals surface area (Å²) in [6.45, 7) is 2.67. The van der Waals surface area contributed by atoms with Gasteiger partial charge < -0.3 is 24.4 Å². The number of hydrogen-bond donors (Lipinski definition) is 3. The minimum absolute atomic E-state index is 0.118. The predicted molar refractivity (Wildman–Crippen MR) is 94.6 cm³/mol. The Bertz CT molecular complexity index is 629. The SMILES string of the molecule is CCCSN1C=C(Cl)c2nnn([C@H]3C[C@@H](OCCO)[C@H](O)[C@@H]3O)c2C1. The Morgan fingerprint density at radius 3 is 2.92 bits per heavy atom. The van der Waals surface area contributed by atoms with Crippen molar-refractivity contribution in [3.63, 3.8) is 0 Å². The number of aliphatic hydroxyl groups is 3. The third-order valence-electron chi connectivity index (χ3n) is 4.38. The van der Waals surface area contributed by atoms with Crippen molar-refractivity contribution in [2.75, 3.05) is 19.0 Å². The lowest BCUT2D eigenvalue weighted by atomic mass is 10.1. The second kappa shape index (κ2) is 8.24. The summed E-state index contributed by atoms with van der Waals surface area (Å²) in [7, 11) is 0. The van der Waals surface area contributed by atoms with Crippen LogP contribution in [0.1, 0.15) is 37.2 Å². The van der Waals surface area contributed by atoms with Crippen LogP contribution in [-0.4, -0.2) is 71.9 Å². The Labute approximate surface area is 155 Å². The first-order chi connectivity index (χ1) is 12.1. The van der Waals surface area contributed by atoms with E-state index in [2.05, 4.69) is 17.2 Å². The van der Waals surface area contributed by atoms with E-state index in [1.54, 1.807) is 16.6 Å². The third-order valence-corrected chi connectivity index (χ3v) is 5.81. The maximum atomic E-state index is 10.4. The van der Waals surface area contributed by atoms with Crippen molar-refractivity contribution in [3.05, 3.63) is 17.6 Å². The van der Waals surface area contributed by atoms with Crippen LogP contribution in [0.15, 0.2) is 6.20 Å². The van der Waals surface area contributed by atoms with E-state index in [-0.39, 0.29) is 13.2 Å². The summed E-state index contributed by atoms with van der Waals surface area (Å²) in [4.78, 5) is 0. The van der Waals surface area contributed by atoms with Gasteiger partial charge in [-0.25, -0.2) is 4.68 Å². The van der Waals surface area contributed by atoms with Gasteiger partial charge in [0.15, 0.2) is 0 Å². The van der Waals surface area contributed by atoms with Crippen molar-refractivity contribution < 1.29 is 20.1 Å². The molecule has 0 radical (unpaired) electrons. The predicted octanol–water partition coefficient (Wildman–Crippen LogP) is 0.733. The molecule has 1 aliphatic carbocycles. The fraction of sp³-hybridized carbons (Fsp3) is 0.733. The fourth-order valence-electron chi connectivity index (χ4n) is 3.16. The smallest absolute Gasteiger partial charge is 0.131 e. The first-order valence-corrected chi connectivity index (χ1v) is 9.68. The van der Waals surface area contributed by atoms with Gasteiger partial charge in [-0.05, 0) is 6.42 Å². The summed E-state index contributed by atoms with van der Waals surface area (Å²) in [5.41, 5.74) is 1.42. The van der Waals surface area contributed by atoms with E-state index in [4.69, 9.17) is 21.4 Å². The van der Waals surface area contributed by atoms with Crippen LogP contribution in [0.3, 0.4) is 0 Å². The van der Waals surface area contributed by atoms with Crippen LogP contribution in [0.5, 0.6) is 0 Å². The van der Waals surface area contributed by atoms with Gasteiger partial charge in [-0.1, -0.05) is 35.7 Å². The van der Waals surface area contributed by atoms with Crippen molar-refractivity contribution in [1.29, 1.82) is 0 Å². The first-order valence-electron chi connectivity index (χ1n) is 8.36. The molecule has 2 heterocycles. The van der Waals surface area contributed by atoms with Crippen LogP contribution in [0.2, 0.25) is 0 Å². The van der Waals surface area contributed by atoms with Crippen molar-refractivity contribution in [2.45, 2.75) is 50.7 Å². The molecule has 1 fully saturated rings. The van der Waals surface area contributed by atoms with Crippen molar-refractivity contribution in [2.24, 2.45) is 0 Å². The number of rotatable bonds is 7. The van der Waals surface area contributed by atoms with Crippen molar-refractivity contribution >= 4 is 28.6 Å². The Kier molecular flexibility index (Phi) is 6.24. The van der Waals surface area contributed by atoms with E-state index in [0.29, 0.717) is 23.7 Å². The Balaban J connectivity index is 1.80. The van der Waals surface area contributed by atoms with E-state index in [1.165, 1.54) is 0 Å². The average molecular weight is 391 g/mol. The molecule has 4 atom stereocenters. The summed E-state index contributed by atoms with van der Waals surface area (Å²) in [5, 5.41) is 38.4. The number of ether oxygens (including phenoxy) is 1. The molecule has 8 nitrogen and oxygen atoms in total. The lowest BCUT2D eigenvalue weighted by Crippen LogP contribution is -2.34. The summed E-state index contributed by atoms with van der Waals surface area (Å²) in [6.07, 6.45) is 0.686. The molecule has 140 valence electrons. The summed E-state index contributed by atoms with van der Waals surface area (Å²) < 4.78 is 9.12. The van der Waals surface area contributed by atoms with Gasteiger partial charge in [0, 0.05) is 18.4 Å². The Morgan fingerprint density at radius 1 is 1.40 bits per heavy atom. The largest absolute Gasteiger partial charge is 0.394 e. The minimum Gasteiger partial charge on any atom is -0.394 e. The average Bonchev–Trinajstić information content (AvgIpc) is 3.14. The molecule has 1 aliphatic heterocycles. The molecule has 1 aromatic heterocycles. The van der Waals surface area contributed by atoms with E-state index < -0.39 is 24.4 Å². The number of aliphatic hydroxyl groups excluding tert-OH is 3. The van der Waals surface area contributed by atoms with Crippen LogP contribution in [0.4, 0.5) is 0 Å². The first kappa shape index (κ1) is 18.9. The molecule has 1 aromatic rings. The van der Waals surface area contributed by atoms with Crippen LogP contribution in [-0.2, 0) is 11.3 Å². The van der Waals surface area contributed by atoms with Crippen LogP contribution < -0.4 is 0 Å². The second-order valence-corrected chi connectivity index (χ2v) is 7.67. The highest BCUT2D eigenvalue weighted by Gasteiger charge is 2.45. The number of halogens is 1. The summed E-state index contributed by atoms with van der Waals surface area (Å²) >= 11 is 8.00. The van der Waals surface area contributed by atoms with Crippen LogP contribution in [0, 0.1) is 0 Å². The van der Waals surface area contributed by atoms with Gasteiger partial charge in [0.1, 0.15) is 17.9 Å². The van der Waals surface area contributed by atoms with Gasteiger partial charge in [-0.15, -0.1) is 5.10 Å². The summed E-state index contributed by atoms with van der Waals surface area (Å²) in [5.74, 6) is 0.972. The maximum absolute atomic E-state index is 10.4. The fourth-order valence-corrected chi connectivity index (χ4v) is 4.30. The number of fused-ring (bicyclic) bond motifs is 1. The quantitative estimate of drug-likeness (QED) is 0.585. The molecule has 0 unspecified atom stereocenters. The third kappa shape index (κ3) is 3.81. The Morgan fingerprint density at radius 2 is 2.20 bits per heavy atom. The molecule has 0 amide bonds. The molecule has 0 saturated heterocycles. The Hall–Kier alpha value is -0.840. The number of nitrogens with zero attached hydrogens (tertiary/aromatic N) is 4. The lowest BCUT2D eigenvalue weighted by Gasteiger charge is -2.25.